The maximum atomic E-state index is 12.5. The first-order chi connectivity index (χ1) is 10.4. The number of sulfonamides is 1. The van der Waals surface area contributed by atoms with Gasteiger partial charge in [0.15, 0.2) is 0 Å². The lowest BCUT2D eigenvalue weighted by atomic mass is 10.2. The van der Waals surface area contributed by atoms with Gasteiger partial charge in [-0.05, 0) is 36.4 Å². The monoisotopic (exact) mass is 317 g/mol. The van der Waals surface area contributed by atoms with Crippen LogP contribution >= 0.6 is 0 Å². The number of hydrogen-bond acceptors (Lipinski definition) is 5. The van der Waals surface area contributed by atoms with Crippen molar-refractivity contribution >= 4 is 21.4 Å². The van der Waals surface area contributed by atoms with Crippen molar-refractivity contribution in [2.24, 2.45) is 0 Å². The summed E-state index contributed by atoms with van der Waals surface area (Å²) in [5, 5.41) is 19.3. The van der Waals surface area contributed by atoms with E-state index in [4.69, 9.17) is 5.26 Å². The highest BCUT2D eigenvalue weighted by atomic mass is 32.2. The van der Waals surface area contributed by atoms with E-state index in [1.54, 1.807) is 0 Å². The molecule has 2 rings (SSSR count). The van der Waals surface area contributed by atoms with E-state index in [9.17, 15) is 18.5 Å². The highest BCUT2D eigenvalue weighted by Gasteiger charge is 2.21. The minimum absolute atomic E-state index is 0.0346. The van der Waals surface area contributed by atoms with E-state index in [1.165, 1.54) is 55.6 Å². The lowest BCUT2D eigenvalue weighted by Gasteiger charge is -2.19. The Hall–Kier alpha value is -2.92. The second-order valence-electron chi connectivity index (χ2n) is 4.38. The van der Waals surface area contributed by atoms with Gasteiger partial charge in [-0.3, -0.25) is 14.4 Å². The van der Waals surface area contributed by atoms with Crippen LogP contribution in [0.2, 0.25) is 0 Å². The van der Waals surface area contributed by atoms with Gasteiger partial charge in [0.05, 0.1) is 27.1 Å². The van der Waals surface area contributed by atoms with Crippen molar-refractivity contribution in [1.29, 1.82) is 5.26 Å². The fraction of sp³-hybridized carbons (Fsp3) is 0.0714. The van der Waals surface area contributed by atoms with Gasteiger partial charge in [-0.25, -0.2) is 8.42 Å². The van der Waals surface area contributed by atoms with E-state index in [1.807, 2.05) is 6.07 Å². The number of nitro benzene ring substituents is 1. The molecule has 22 heavy (non-hydrogen) atoms. The summed E-state index contributed by atoms with van der Waals surface area (Å²) in [5.74, 6) is 0. The Morgan fingerprint density at radius 3 is 2.09 bits per heavy atom. The van der Waals surface area contributed by atoms with Crippen molar-refractivity contribution in [2.45, 2.75) is 4.90 Å². The van der Waals surface area contributed by atoms with E-state index in [0.29, 0.717) is 11.3 Å². The number of nitriles is 1. The Bertz CT molecular complexity index is 837. The standard InChI is InChI=1S/C14H11N3O4S/c1-16(12-4-6-13(7-5-12)17(18)19)22(20,21)14-8-2-11(10-15)3-9-14/h2-9H,1H3. The summed E-state index contributed by atoms with van der Waals surface area (Å²) < 4.78 is 25.9. The zero-order chi connectivity index (χ0) is 16.3. The van der Waals surface area contributed by atoms with Gasteiger partial charge in [0.1, 0.15) is 0 Å². The van der Waals surface area contributed by atoms with Crippen LogP contribution in [0.3, 0.4) is 0 Å². The van der Waals surface area contributed by atoms with E-state index in [0.717, 1.165) is 4.31 Å². The molecule has 0 bridgehead atoms. The second kappa shape index (κ2) is 5.83. The summed E-state index contributed by atoms with van der Waals surface area (Å²) in [7, 11) is -2.44. The molecule has 2 aromatic carbocycles. The molecule has 0 aromatic heterocycles. The molecule has 0 aliphatic rings. The predicted molar refractivity (Wildman–Crippen MR) is 79.8 cm³/mol. The minimum atomic E-state index is -3.80. The first kappa shape index (κ1) is 15.5. The Labute approximate surface area is 127 Å². The Kier molecular flexibility index (Phi) is 4.10. The van der Waals surface area contributed by atoms with Crippen LogP contribution in [-0.2, 0) is 10.0 Å². The van der Waals surface area contributed by atoms with Gasteiger partial charge >= 0.3 is 0 Å². The fourth-order valence-electron chi connectivity index (χ4n) is 1.78. The molecule has 0 aliphatic carbocycles. The zero-order valence-corrected chi connectivity index (χ0v) is 12.3. The van der Waals surface area contributed by atoms with Crippen LogP contribution in [0.5, 0.6) is 0 Å². The van der Waals surface area contributed by atoms with Crippen LogP contribution in [0.25, 0.3) is 0 Å². The molecule has 0 amide bonds. The molecule has 0 unspecified atom stereocenters. The molecule has 0 aliphatic heterocycles. The van der Waals surface area contributed by atoms with Crippen LogP contribution < -0.4 is 4.31 Å². The first-order valence-electron chi connectivity index (χ1n) is 6.10. The summed E-state index contributed by atoms with van der Waals surface area (Å²) in [5.41, 5.74) is 0.541. The van der Waals surface area contributed by atoms with Crippen LogP contribution in [0, 0.1) is 21.4 Å². The van der Waals surface area contributed by atoms with E-state index >= 15 is 0 Å². The molecule has 0 fully saturated rings. The molecule has 0 saturated heterocycles. The Balaban J connectivity index is 2.35. The Morgan fingerprint density at radius 2 is 1.64 bits per heavy atom. The maximum absolute atomic E-state index is 12.5. The Morgan fingerprint density at radius 1 is 1.09 bits per heavy atom. The van der Waals surface area contributed by atoms with Gasteiger partial charge in [-0.2, -0.15) is 5.26 Å². The van der Waals surface area contributed by atoms with Crippen LogP contribution in [0.15, 0.2) is 53.4 Å². The van der Waals surface area contributed by atoms with Gasteiger partial charge in [-0.1, -0.05) is 0 Å². The summed E-state index contributed by atoms with van der Waals surface area (Å²) >= 11 is 0. The van der Waals surface area contributed by atoms with E-state index in [-0.39, 0.29) is 10.6 Å². The summed E-state index contributed by atoms with van der Waals surface area (Å²) in [4.78, 5) is 10.1. The number of benzene rings is 2. The third-order valence-corrected chi connectivity index (χ3v) is 4.87. The number of nitro groups is 1. The van der Waals surface area contributed by atoms with E-state index < -0.39 is 14.9 Å². The molecule has 0 heterocycles. The molecule has 8 heteroatoms. The van der Waals surface area contributed by atoms with Gasteiger partial charge < -0.3 is 0 Å². The number of anilines is 1. The predicted octanol–water partition coefficient (Wildman–Crippen LogP) is 2.29. The molecule has 0 N–H and O–H groups in total. The van der Waals surface area contributed by atoms with Gasteiger partial charge in [0, 0.05) is 19.2 Å². The number of rotatable bonds is 4. The largest absolute Gasteiger partial charge is 0.269 e. The SMILES string of the molecule is CN(c1ccc([N+](=O)[O-])cc1)S(=O)(=O)c1ccc(C#N)cc1. The fourth-order valence-corrected chi connectivity index (χ4v) is 2.98. The highest BCUT2D eigenvalue weighted by molar-refractivity contribution is 7.92. The number of nitrogens with zero attached hydrogens (tertiary/aromatic N) is 3. The van der Waals surface area contributed by atoms with Gasteiger partial charge in [-0.15, -0.1) is 0 Å². The van der Waals surface area contributed by atoms with Crippen LogP contribution in [-0.4, -0.2) is 20.4 Å². The number of non-ortho nitro benzene ring substituents is 1. The highest BCUT2D eigenvalue weighted by Crippen LogP contribution is 2.24. The molecule has 0 atom stereocenters. The molecular weight excluding hydrogens is 306 g/mol. The van der Waals surface area contributed by atoms with Crippen molar-refractivity contribution in [1.82, 2.24) is 0 Å². The third-order valence-electron chi connectivity index (χ3n) is 3.07. The average molecular weight is 317 g/mol. The summed E-state index contributed by atoms with van der Waals surface area (Å²) in [6, 6.07) is 12.6. The first-order valence-corrected chi connectivity index (χ1v) is 7.54. The molecule has 2 aromatic rings. The summed E-state index contributed by atoms with van der Waals surface area (Å²) in [6.07, 6.45) is 0. The molecule has 0 saturated carbocycles. The third kappa shape index (κ3) is 2.89. The normalized spacial score (nSPS) is 10.7. The molecule has 0 radical (unpaired) electrons. The zero-order valence-electron chi connectivity index (χ0n) is 11.5. The van der Waals surface area contributed by atoms with Crippen molar-refractivity contribution in [2.75, 3.05) is 11.4 Å². The van der Waals surface area contributed by atoms with Gasteiger partial charge in [0.25, 0.3) is 15.7 Å². The van der Waals surface area contributed by atoms with Gasteiger partial charge in [0.2, 0.25) is 0 Å². The topological polar surface area (TPSA) is 104 Å². The average Bonchev–Trinajstić information content (AvgIpc) is 2.54. The van der Waals surface area contributed by atoms with Crippen LogP contribution in [0.1, 0.15) is 5.56 Å². The smallest absolute Gasteiger partial charge is 0.269 e. The lowest BCUT2D eigenvalue weighted by molar-refractivity contribution is -0.384. The van der Waals surface area contributed by atoms with Crippen molar-refractivity contribution in [3.05, 3.63) is 64.2 Å². The van der Waals surface area contributed by atoms with Crippen molar-refractivity contribution in [3.8, 4) is 6.07 Å². The second-order valence-corrected chi connectivity index (χ2v) is 6.35. The van der Waals surface area contributed by atoms with Crippen LogP contribution in [0.4, 0.5) is 11.4 Å². The molecule has 7 nitrogen and oxygen atoms in total. The molecular formula is C14H11N3O4S. The lowest BCUT2D eigenvalue weighted by Crippen LogP contribution is -2.26. The van der Waals surface area contributed by atoms with E-state index in [2.05, 4.69) is 0 Å². The quantitative estimate of drug-likeness (QED) is 0.635. The minimum Gasteiger partial charge on any atom is -0.269 e. The van der Waals surface area contributed by atoms with Crippen molar-refractivity contribution in [3.63, 3.8) is 0 Å². The maximum Gasteiger partial charge on any atom is 0.269 e. The summed E-state index contributed by atoms with van der Waals surface area (Å²) in [6.45, 7) is 0. The molecule has 112 valence electrons. The molecule has 0 spiro atoms. The van der Waals surface area contributed by atoms with Crippen molar-refractivity contribution < 1.29 is 13.3 Å². The number of hydrogen-bond donors (Lipinski definition) is 0.